The molecule has 0 aromatic carbocycles. The van der Waals surface area contributed by atoms with Crippen molar-refractivity contribution in [3.63, 3.8) is 0 Å². The van der Waals surface area contributed by atoms with Crippen molar-refractivity contribution < 1.29 is 0 Å². The molecule has 68 valence electrons. The minimum Gasteiger partial charge on any atom is -0.355 e. The predicted octanol–water partition coefficient (Wildman–Crippen LogP) is 1.29. The minimum atomic E-state index is 0.886. The normalized spacial score (nSPS) is 10.2. The number of hydrogen-bond donors (Lipinski definition) is 1. The van der Waals surface area contributed by atoms with E-state index in [1.54, 1.807) is 0 Å². The maximum absolute atomic E-state index is 4.07. The molecule has 1 heterocycles. The van der Waals surface area contributed by atoms with Crippen LogP contribution in [0.15, 0.2) is 0 Å². The fraction of sp³-hybridized carbons (Fsp3) is 0.750. The third-order valence-electron chi connectivity index (χ3n) is 1.79. The first-order valence-electron chi connectivity index (χ1n) is 4.49. The highest BCUT2D eigenvalue weighted by atomic mass is 15.3. The summed E-state index contributed by atoms with van der Waals surface area (Å²) in [6.45, 7) is 8.07. The van der Waals surface area contributed by atoms with Gasteiger partial charge in [0.2, 0.25) is 5.95 Å². The largest absolute Gasteiger partial charge is 0.355 e. The van der Waals surface area contributed by atoms with Crippen LogP contribution in [-0.4, -0.2) is 21.3 Å². The topological polar surface area (TPSA) is 42.7 Å². The van der Waals surface area contributed by atoms with Gasteiger partial charge in [-0.05, 0) is 13.8 Å². The summed E-state index contributed by atoms with van der Waals surface area (Å²) >= 11 is 0. The monoisotopic (exact) mass is 168 g/mol. The highest BCUT2D eigenvalue weighted by Gasteiger charge is 2.06. The number of hydrogen-bond acceptors (Lipinski definition) is 3. The highest BCUT2D eigenvalue weighted by molar-refractivity contribution is 5.25. The third-order valence-corrected chi connectivity index (χ3v) is 1.79. The standard InChI is InChI=1S/C8H16N4/c1-4-7-10-11-8(9-5-2)12(7)6-3/h4-6H2,1-3H3,(H,9,11). The van der Waals surface area contributed by atoms with Gasteiger partial charge in [-0.25, -0.2) is 0 Å². The van der Waals surface area contributed by atoms with E-state index in [1.165, 1.54) is 0 Å². The molecule has 0 saturated heterocycles. The molecule has 0 saturated carbocycles. The molecule has 0 aliphatic heterocycles. The van der Waals surface area contributed by atoms with Gasteiger partial charge in [0.25, 0.3) is 0 Å². The minimum absolute atomic E-state index is 0.886. The predicted molar refractivity (Wildman–Crippen MR) is 49.2 cm³/mol. The van der Waals surface area contributed by atoms with E-state index in [2.05, 4.69) is 40.9 Å². The van der Waals surface area contributed by atoms with Crippen LogP contribution in [0.5, 0.6) is 0 Å². The van der Waals surface area contributed by atoms with Gasteiger partial charge in [0.05, 0.1) is 0 Å². The molecule has 0 unspecified atom stereocenters. The highest BCUT2D eigenvalue weighted by Crippen LogP contribution is 2.07. The maximum atomic E-state index is 4.07. The second-order valence-corrected chi connectivity index (χ2v) is 2.57. The molecule has 0 spiro atoms. The van der Waals surface area contributed by atoms with Crippen LogP contribution in [0.2, 0.25) is 0 Å². The first-order valence-corrected chi connectivity index (χ1v) is 4.49. The molecule has 0 bridgehead atoms. The van der Waals surface area contributed by atoms with Gasteiger partial charge in [0.15, 0.2) is 0 Å². The summed E-state index contributed by atoms with van der Waals surface area (Å²) < 4.78 is 2.10. The lowest BCUT2D eigenvalue weighted by Gasteiger charge is -2.05. The molecule has 0 radical (unpaired) electrons. The molecule has 0 aliphatic rings. The summed E-state index contributed by atoms with van der Waals surface area (Å²) in [6.07, 6.45) is 0.937. The Morgan fingerprint density at radius 3 is 2.50 bits per heavy atom. The Morgan fingerprint density at radius 2 is 2.00 bits per heavy atom. The second-order valence-electron chi connectivity index (χ2n) is 2.57. The summed E-state index contributed by atoms with van der Waals surface area (Å²) in [5, 5.41) is 11.3. The molecule has 4 nitrogen and oxygen atoms in total. The molecular weight excluding hydrogens is 152 g/mol. The molecule has 0 fully saturated rings. The average Bonchev–Trinajstić information content (AvgIpc) is 2.47. The van der Waals surface area contributed by atoms with E-state index >= 15 is 0 Å². The lowest BCUT2D eigenvalue weighted by molar-refractivity contribution is 0.709. The Hall–Kier alpha value is -1.06. The zero-order valence-electron chi connectivity index (χ0n) is 7.96. The molecule has 12 heavy (non-hydrogen) atoms. The number of rotatable bonds is 4. The van der Waals surface area contributed by atoms with Crippen molar-refractivity contribution in [3.05, 3.63) is 5.82 Å². The van der Waals surface area contributed by atoms with Crippen molar-refractivity contribution in [2.75, 3.05) is 11.9 Å². The number of nitrogens with one attached hydrogen (secondary N) is 1. The Labute approximate surface area is 73.0 Å². The number of nitrogens with zero attached hydrogens (tertiary/aromatic N) is 3. The Morgan fingerprint density at radius 1 is 1.25 bits per heavy atom. The summed E-state index contributed by atoms with van der Waals surface area (Å²) in [6, 6.07) is 0. The number of anilines is 1. The van der Waals surface area contributed by atoms with Crippen LogP contribution in [0.4, 0.5) is 5.95 Å². The van der Waals surface area contributed by atoms with Crippen molar-refractivity contribution in [2.24, 2.45) is 0 Å². The molecule has 1 rings (SSSR count). The Kier molecular flexibility index (Phi) is 3.08. The Balaban J connectivity index is 2.88. The molecule has 1 aromatic heterocycles. The lowest BCUT2D eigenvalue weighted by Crippen LogP contribution is -2.07. The van der Waals surface area contributed by atoms with Gasteiger partial charge < -0.3 is 5.32 Å². The quantitative estimate of drug-likeness (QED) is 0.736. The van der Waals surface area contributed by atoms with E-state index in [9.17, 15) is 0 Å². The van der Waals surface area contributed by atoms with Crippen molar-refractivity contribution >= 4 is 5.95 Å². The molecule has 4 heteroatoms. The summed E-state index contributed by atoms with van der Waals surface area (Å²) in [5.74, 6) is 1.94. The van der Waals surface area contributed by atoms with E-state index in [0.29, 0.717) is 0 Å². The SMILES string of the molecule is CCNc1nnc(CC)n1CC. The van der Waals surface area contributed by atoms with Crippen LogP contribution in [0.3, 0.4) is 0 Å². The van der Waals surface area contributed by atoms with Gasteiger partial charge in [-0.15, -0.1) is 10.2 Å². The average molecular weight is 168 g/mol. The fourth-order valence-electron chi connectivity index (χ4n) is 1.22. The van der Waals surface area contributed by atoms with Crippen molar-refractivity contribution in [2.45, 2.75) is 33.7 Å². The van der Waals surface area contributed by atoms with E-state index in [-0.39, 0.29) is 0 Å². The van der Waals surface area contributed by atoms with Crippen LogP contribution >= 0.6 is 0 Å². The summed E-state index contributed by atoms with van der Waals surface area (Å²) in [5.41, 5.74) is 0. The molecular formula is C8H16N4. The molecule has 1 N–H and O–H groups in total. The zero-order chi connectivity index (χ0) is 8.97. The van der Waals surface area contributed by atoms with Crippen LogP contribution in [0, 0.1) is 0 Å². The fourth-order valence-corrected chi connectivity index (χ4v) is 1.22. The van der Waals surface area contributed by atoms with Crippen LogP contribution in [0.25, 0.3) is 0 Å². The van der Waals surface area contributed by atoms with Crippen LogP contribution in [0.1, 0.15) is 26.6 Å². The van der Waals surface area contributed by atoms with E-state index in [1.807, 2.05) is 0 Å². The zero-order valence-corrected chi connectivity index (χ0v) is 7.96. The van der Waals surface area contributed by atoms with E-state index in [0.717, 1.165) is 31.3 Å². The van der Waals surface area contributed by atoms with E-state index in [4.69, 9.17) is 0 Å². The molecule has 1 aromatic rings. The summed E-state index contributed by atoms with van der Waals surface area (Å²) in [4.78, 5) is 0. The van der Waals surface area contributed by atoms with Crippen molar-refractivity contribution in [1.82, 2.24) is 14.8 Å². The lowest BCUT2D eigenvalue weighted by atomic mass is 10.4. The van der Waals surface area contributed by atoms with Crippen LogP contribution in [-0.2, 0) is 13.0 Å². The van der Waals surface area contributed by atoms with Gasteiger partial charge in [-0.2, -0.15) is 0 Å². The van der Waals surface area contributed by atoms with Gasteiger partial charge in [0, 0.05) is 19.5 Å². The van der Waals surface area contributed by atoms with E-state index < -0.39 is 0 Å². The van der Waals surface area contributed by atoms with Gasteiger partial charge in [-0.3, -0.25) is 4.57 Å². The van der Waals surface area contributed by atoms with Crippen LogP contribution < -0.4 is 5.32 Å². The number of aryl methyl sites for hydroxylation is 1. The Bertz CT molecular complexity index is 241. The third kappa shape index (κ3) is 1.57. The van der Waals surface area contributed by atoms with Crippen molar-refractivity contribution in [3.8, 4) is 0 Å². The molecule has 0 amide bonds. The summed E-state index contributed by atoms with van der Waals surface area (Å²) in [7, 11) is 0. The first kappa shape index (κ1) is 9.03. The van der Waals surface area contributed by atoms with Gasteiger partial charge >= 0.3 is 0 Å². The number of aromatic nitrogens is 3. The maximum Gasteiger partial charge on any atom is 0.224 e. The first-order chi connectivity index (χ1) is 5.83. The smallest absolute Gasteiger partial charge is 0.224 e. The van der Waals surface area contributed by atoms with Gasteiger partial charge in [-0.1, -0.05) is 6.92 Å². The van der Waals surface area contributed by atoms with Crippen molar-refractivity contribution in [1.29, 1.82) is 0 Å². The van der Waals surface area contributed by atoms with Gasteiger partial charge in [0.1, 0.15) is 5.82 Å². The molecule has 0 aliphatic carbocycles. The molecule has 0 atom stereocenters. The second kappa shape index (κ2) is 4.09.